The van der Waals surface area contributed by atoms with Crippen molar-refractivity contribution in [1.82, 2.24) is 4.42 Å². The number of carbonyl (C=O) groups excluding carboxylic acids is 1. The molecule has 1 aromatic carbocycles. The van der Waals surface area contributed by atoms with Crippen molar-refractivity contribution in [1.29, 1.82) is 0 Å². The molecule has 0 radical (unpaired) electrons. The van der Waals surface area contributed by atoms with Crippen LogP contribution in [0.1, 0.15) is 65.9 Å². The van der Waals surface area contributed by atoms with Gasteiger partial charge in [-0.2, -0.15) is 0 Å². The average Bonchev–Trinajstić information content (AvgIpc) is 2.85. The number of nitrogens with zero attached hydrogens (tertiary/aromatic N) is 1. The fourth-order valence-corrected chi connectivity index (χ4v) is 4.32. The van der Waals surface area contributed by atoms with Crippen LogP contribution in [0.4, 0.5) is 0 Å². The van der Waals surface area contributed by atoms with Gasteiger partial charge in [0.1, 0.15) is 0 Å². The second-order valence-electron chi connectivity index (χ2n) is 9.97. The molecule has 1 rings (SSSR count). The maximum absolute atomic E-state index is 12.8. The van der Waals surface area contributed by atoms with E-state index in [1.807, 2.05) is 39.0 Å². The number of nitrogens with two attached hydrogens (primary N) is 1. The number of rotatable bonds is 17. The lowest BCUT2D eigenvalue weighted by Crippen LogP contribution is -2.46. The maximum atomic E-state index is 12.8. The van der Waals surface area contributed by atoms with Gasteiger partial charge >= 0.3 is 0 Å². The Balaban J connectivity index is 2.83. The molecule has 0 spiro atoms. The molecule has 0 unspecified atom stereocenters. The number of hydrogen-bond acceptors (Lipinski definition) is 6. The minimum Gasteiger partial charge on any atom is -0.493 e. The monoisotopic (exact) mass is 514 g/mol. The minimum atomic E-state index is -0.911. The summed E-state index contributed by atoms with van der Waals surface area (Å²) >= 11 is 6.28. The van der Waals surface area contributed by atoms with Crippen LogP contribution in [0, 0.1) is 17.3 Å². The third-order valence-electron chi connectivity index (χ3n) is 7.13. The molecule has 1 aromatic rings. The summed E-state index contributed by atoms with van der Waals surface area (Å²) in [5, 5.41) is 10.7. The van der Waals surface area contributed by atoms with Crippen molar-refractivity contribution in [3.63, 3.8) is 0 Å². The molecule has 8 heteroatoms. The molecule has 0 saturated heterocycles. The Morgan fingerprint density at radius 1 is 1.17 bits per heavy atom. The summed E-state index contributed by atoms with van der Waals surface area (Å²) in [5.74, 6) is 1.80. The van der Waals surface area contributed by atoms with E-state index in [1.54, 1.807) is 14.2 Å². The number of benzene rings is 1. The number of methoxy groups -OCH3 is 2. The first kappa shape index (κ1) is 31.5. The Labute approximate surface area is 217 Å². The number of aliphatic hydroxyl groups excluding tert-OH is 1. The van der Waals surface area contributed by atoms with E-state index in [4.69, 9.17) is 31.7 Å². The van der Waals surface area contributed by atoms with E-state index in [0.717, 1.165) is 22.8 Å². The molecule has 0 bridgehead atoms. The van der Waals surface area contributed by atoms with Gasteiger partial charge in [0.15, 0.2) is 11.5 Å². The van der Waals surface area contributed by atoms with Crippen LogP contribution in [0.3, 0.4) is 0 Å². The summed E-state index contributed by atoms with van der Waals surface area (Å²) in [6.45, 7) is 11.3. The van der Waals surface area contributed by atoms with Gasteiger partial charge in [-0.05, 0) is 55.2 Å². The zero-order valence-corrected chi connectivity index (χ0v) is 23.4. The lowest BCUT2D eigenvalue weighted by Gasteiger charge is -2.32. The van der Waals surface area contributed by atoms with Crippen molar-refractivity contribution in [2.75, 3.05) is 34.0 Å². The van der Waals surface area contributed by atoms with Crippen molar-refractivity contribution < 1.29 is 24.1 Å². The van der Waals surface area contributed by atoms with Crippen molar-refractivity contribution in [3.05, 3.63) is 23.8 Å². The maximum Gasteiger partial charge on any atom is 0.242 e. The van der Waals surface area contributed by atoms with Crippen molar-refractivity contribution in [3.8, 4) is 11.5 Å². The number of amides is 1. The summed E-state index contributed by atoms with van der Waals surface area (Å²) in [5.41, 5.74) is 6.98. The van der Waals surface area contributed by atoms with Crippen LogP contribution in [0.15, 0.2) is 18.2 Å². The van der Waals surface area contributed by atoms with Gasteiger partial charge in [0.25, 0.3) is 0 Å². The van der Waals surface area contributed by atoms with Gasteiger partial charge in [0, 0.05) is 43.4 Å². The minimum absolute atomic E-state index is 0.00393. The Morgan fingerprint density at radius 3 is 2.37 bits per heavy atom. The molecule has 0 aliphatic rings. The molecule has 7 nitrogen and oxygen atoms in total. The molecule has 0 aliphatic carbocycles. The third kappa shape index (κ3) is 9.79. The fraction of sp³-hybridized carbons (Fsp3) is 0.741. The van der Waals surface area contributed by atoms with Gasteiger partial charge in [-0.3, -0.25) is 9.21 Å². The Bertz CT molecular complexity index is 757. The van der Waals surface area contributed by atoms with Crippen molar-refractivity contribution >= 4 is 17.7 Å². The van der Waals surface area contributed by atoms with Crippen LogP contribution in [0.2, 0.25) is 0 Å². The largest absolute Gasteiger partial charge is 0.493 e. The highest BCUT2D eigenvalue weighted by atomic mass is 35.5. The van der Waals surface area contributed by atoms with Crippen molar-refractivity contribution in [2.45, 2.75) is 78.9 Å². The van der Waals surface area contributed by atoms with Crippen LogP contribution in [0.5, 0.6) is 11.5 Å². The highest BCUT2D eigenvalue weighted by molar-refractivity contribution is 6.22. The molecule has 0 fully saturated rings. The summed E-state index contributed by atoms with van der Waals surface area (Å²) < 4.78 is 17.6. The van der Waals surface area contributed by atoms with Gasteiger partial charge in [0.2, 0.25) is 5.91 Å². The van der Waals surface area contributed by atoms with E-state index in [0.29, 0.717) is 49.9 Å². The van der Waals surface area contributed by atoms with Crippen LogP contribution >= 0.6 is 11.8 Å². The summed E-state index contributed by atoms with van der Waals surface area (Å²) in [4.78, 5) is 12.8. The highest BCUT2D eigenvalue weighted by Gasteiger charge is 2.34. The zero-order valence-electron chi connectivity index (χ0n) is 22.7. The van der Waals surface area contributed by atoms with Crippen LogP contribution in [0.25, 0.3) is 0 Å². The molecule has 35 heavy (non-hydrogen) atoms. The van der Waals surface area contributed by atoms with Gasteiger partial charge in [-0.1, -0.05) is 40.7 Å². The van der Waals surface area contributed by atoms with Crippen LogP contribution in [-0.2, 0) is 16.0 Å². The predicted molar refractivity (Wildman–Crippen MR) is 142 cm³/mol. The van der Waals surface area contributed by atoms with E-state index in [-0.39, 0.29) is 18.4 Å². The molecule has 1 amide bonds. The number of carbonyl (C=O) groups is 1. The highest BCUT2D eigenvalue weighted by Crippen LogP contribution is 2.32. The van der Waals surface area contributed by atoms with E-state index < -0.39 is 17.6 Å². The van der Waals surface area contributed by atoms with E-state index in [1.165, 1.54) is 0 Å². The molecular weight excluding hydrogens is 468 g/mol. The smallest absolute Gasteiger partial charge is 0.242 e. The molecule has 0 heterocycles. The molecule has 3 N–H and O–H groups in total. The topological polar surface area (TPSA) is 94.3 Å². The van der Waals surface area contributed by atoms with E-state index in [2.05, 4.69) is 13.8 Å². The number of ether oxygens (including phenoxy) is 3. The third-order valence-corrected chi connectivity index (χ3v) is 7.42. The summed E-state index contributed by atoms with van der Waals surface area (Å²) in [6, 6.07) is 5.46. The van der Waals surface area contributed by atoms with Crippen LogP contribution < -0.4 is 15.2 Å². The lowest BCUT2D eigenvalue weighted by molar-refractivity contribution is -0.137. The first-order chi connectivity index (χ1) is 16.5. The van der Waals surface area contributed by atoms with Gasteiger partial charge in [-0.25, -0.2) is 0 Å². The summed E-state index contributed by atoms with van der Waals surface area (Å²) in [7, 11) is 3.30. The van der Waals surface area contributed by atoms with Gasteiger partial charge < -0.3 is 25.1 Å². The Hall–Kier alpha value is -1.54. The second-order valence-corrected chi connectivity index (χ2v) is 10.4. The summed E-state index contributed by atoms with van der Waals surface area (Å²) in [6.07, 6.45) is 2.63. The molecule has 0 aliphatic heterocycles. The standard InChI is InChI=1S/C27H47ClN2O5/c1-8-27(5,9-2)26(32)30(28)18-23(31)22(29)17-21(19(3)4)15-20-11-12-24(34-7)25(16-20)35-14-10-13-33-6/h11-12,16,19,21-23,31H,8-10,13-15,17-18,29H2,1-7H3/t21-,22-,23-/m0/s1. The van der Waals surface area contributed by atoms with E-state index >= 15 is 0 Å². The zero-order chi connectivity index (χ0) is 26.6. The van der Waals surface area contributed by atoms with Gasteiger partial charge in [-0.15, -0.1) is 0 Å². The Morgan fingerprint density at radius 2 is 1.83 bits per heavy atom. The lowest BCUT2D eigenvalue weighted by atomic mass is 9.82. The molecule has 0 saturated carbocycles. The SMILES string of the molecule is CCC(C)(CC)C(=O)N(Cl)C[C@H](O)[C@@H](N)C[C@H](Cc1ccc(OC)c(OCCCOC)c1)C(C)C. The molecular formula is C27H47ClN2O5. The number of aliphatic hydroxyl groups is 1. The first-order valence-corrected chi connectivity index (χ1v) is 13.1. The average molecular weight is 515 g/mol. The quantitative estimate of drug-likeness (QED) is 0.229. The number of halogens is 1. The molecule has 0 aromatic heterocycles. The van der Waals surface area contributed by atoms with E-state index in [9.17, 15) is 9.90 Å². The van der Waals surface area contributed by atoms with Crippen LogP contribution in [-0.4, -0.2) is 61.6 Å². The normalized spacial score (nSPS) is 14.5. The molecule has 3 atom stereocenters. The van der Waals surface area contributed by atoms with Crippen molar-refractivity contribution in [2.24, 2.45) is 23.0 Å². The predicted octanol–water partition coefficient (Wildman–Crippen LogP) is 4.81. The number of hydrogen-bond donors (Lipinski definition) is 2. The molecule has 202 valence electrons. The first-order valence-electron chi connectivity index (χ1n) is 12.7. The second kappa shape index (κ2) is 15.5. The Kier molecular flexibility index (Phi) is 14.0. The fourth-order valence-electron chi connectivity index (χ4n) is 3.97. The van der Waals surface area contributed by atoms with Gasteiger partial charge in [0.05, 0.1) is 26.4 Å².